The molecule has 0 N–H and O–H groups in total. The lowest BCUT2D eigenvalue weighted by atomic mass is 10.1. The topological polar surface area (TPSA) is 44.1 Å². The van der Waals surface area contributed by atoms with Crippen LogP contribution >= 0.6 is 0 Å². The zero-order valence-electron chi connectivity index (χ0n) is 11.6. The number of imidazole rings is 1. The number of aromatic nitrogens is 2. The second-order valence-electron chi connectivity index (χ2n) is 4.72. The summed E-state index contributed by atoms with van der Waals surface area (Å²) in [4.78, 5) is 15.7. The number of halogens is 1. The van der Waals surface area contributed by atoms with Crippen molar-refractivity contribution in [3.05, 3.63) is 53.4 Å². The minimum atomic E-state index is -0.618. The maximum absolute atomic E-state index is 13.6. The van der Waals surface area contributed by atoms with Gasteiger partial charge in [-0.3, -0.25) is 0 Å². The lowest BCUT2D eigenvalue weighted by molar-refractivity contribution is 0.0495. The van der Waals surface area contributed by atoms with Gasteiger partial charge in [0.2, 0.25) is 0 Å². The summed E-state index contributed by atoms with van der Waals surface area (Å²) in [6.45, 7) is 2.03. The molecular formula is C15H17FN2O2. The fourth-order valence-corrected chi connectivity index (χ4v) is 1.91. The predicted molar refractivity (Wildman–Crippen MR) is 72.9 cm³/mol. The van der Waals surface area contributed by atoms with Gasteiger partial charge in [0, 0.05) is 18.9 Å². The van der Waals surface area contributed by atoms with Gasteiger partial charge in [0.15, 0.2) is 0 Å². The van der Waals surface area contributed by atoms with Crippen LogP contribution in [0.5, 0.6) is 0 Å². The van der Waals surface area contributed by atoms with E-state index in [-0.39, 0.29) is 12.2 Å². The Morgan fingerprint density at radius 3 is 2.90 bits per heavy atom. The smallest absolute Gasteiger partial charge is 0.341 e. The number of benzene rings is 1. The van der Waals surface area contributed by atoms with Gasteiger partial charge in [-0.25, -0.2) is 14.2 Å². The number of ether oxygens (including phenoxy) is 1. The van der Waals surface area contributed by atoms with Gasteiger partial charge in [0.1, 0.15) is 5.82 Å². The summed E-state index contributed by atoms with van der Waals surface area (Å²) < 4.78 is 20.6. The SMILES string of the molecule is Cc1ccc(C(=O)OCCCc2cncn2C)c(F)c1. The normalized spacial score (nSPS) is 10.6. The van der Waals surface area contributed by atoms with Gasteiger partial charge in [-0.05, 0) is 37.5 Å². The Kier molecular flexibility index (Phi) is 4.50. The Labute approximate surface area is 117 Å². The van der Waals surface area contributed by atoms with E-state index in [1.165, 1.54) is 12.1 Å². The summed E-state index contributed by atoms with van der Waals surface area (Å²) in [6, 6.07) is 4.47. The van der Waals surface area contributed by atoms with Crippen LogP contribution in [0.4, 0.5) is 4.39 Å². The van der Waals surface area contributed by atoms with E-state index in [1.807, 2.05) is 11.6 Å². The van der Waals surface area contributed by atoms with Crippen LogP contribution in [-0.4, -0.2) is 22.1 Å². The second kappa shape index (κ2) is 6.32. The minimum absolute atomic E-state index is 0.0175. The highest BCUT2D eigenvalue weighted by Gasteiger charge is 2.12. The number of carbonyl (C=O) groups excluding carboxylic acids is 1. The molecule has 0 saturated heterocycles. The molecule has 1 aromatic carbocycles. The predicted octanol–water partition coefficient (Wildman–Crippen LogP) is 2.66. The molecule has 0 spiro atoms. The highest BCUT2D eigenvalue weighted by molar-refractivity contribution is 5.89. The lowest BCUT2D eigenvalue weighted by Gasteiger charge is -2.06. The molecule has 0 fully saturated rings. The van der Waals surface area contributed by atoms with Gasteiger partial charge < -0.3 is 9.30 Å². The minimum Gasteiger partial charge on any atom is -0.462 e. The van der Waals surface area contributed by atoms with Crippen LogP contribution in [0.25, 0.3) is 0 Å². The molecule has 0 aliphatic rings. The van der Waals surface area contributed by atoms with Crippen LogP contribution in [-0.2, 0) is 18.2 Å². The summed E-state index contributed by atoms with van der Waals surface area (Å²) in [5.74, 6) is -1.16. The van der Waals surface area contributed by atoms with E-state index in [0.29, 0.717) is 6.42 Å². The Balaban J connectivity index is 1.82. The Morgan fingerprint density at radius 1 is 1.45 bits per heavy atom. The molecule has 0 unspecified atom stereocenters. The van der Waals surface area contributed by atoms with Crippen molar-refractivity contribution in [1.82, 2.24) is 9.55 Å². The summed E-state index contributed by atoms with van der Waals surface area (Å²) >= 11 is 0. The molecule has 0 aliphatic heterocycles. The van der Waals surface area contributed by atoms with Crippen LogP contribution in [0, 0.1) is 12.7 Å². The molecule has 0 amide bonds. The summed E-state index contributed by atoms with van der Waals surface area (Å²) in [6.07, 6.45) is 4.95. The fourth-order valence-electron chi connectivity index (χ4n) is 1.91. The number of esters is 1. The van der Waals surface area contributed by atoms with E-state index >= 15 is 0 Å². The second-order valence-corrected chi connectivity index (χ2v) is 4.72. The third kappa shape index (κ3) is 3.44. The number of aryl methyl sites for hydroxylation is 3. The van der Waals surface area contributed by atoms with Crippen molar-refractivity contribution >= 4 is 5.97 Å². The standard InChI is InChI=1S/C15H17FN2O2/c1-11-5-6-13(14(16)8-11)15(19)20-7-3-4-12-9-17-10-18(12)2/h5-6,8-10H,3-4,7H2,1-2H3. The Bertz CT molecular complexity index is 608. The van der Waals surface area contributed by atoms with Crippen LogP contribution in [0.3, 0.4) is 0 Å². The van der Waals surface area contributed by atoms with Crippen molar-refractivity contribution in [1.29, 1.82) is 0 Å². The van der Waals surface area contributed by atoms with Gasteiger partial charge in [-0.15, -0.1) is 0 Å². The number of rotatable bonds is 5. The number of carbonyl (C=O) groups is 1. The quantitative estimate of drug-likeness (QED) is 0.623. The molecule has 2 aromatic rings. The van der Waals surface area contributed by atoms with Crippen LogP contribution < -0.4 is 0 Å². The van der Waals surface area contributed by atoms with Gasteiger partial charge in [0.05, 0.1) is 18.5 Å². The largest absolute Gasteiger partial charge is 0.462 e. The van der Waals surface area contributed by atoms with Gasteiger partial charge in [0.25, 0.3) is 0 Å². The molecule has 20 heavy (non-hydrogen) atoms. The zero-order chi connectivity index (χ0) is 14.5. The van der Waals surface area contributed by atoms with Crippen molar-refractivity contribution in [3.8, 4) is 0 Å². The van der Waals surface area contributed by atoms with Crippen molar-refractivity contribution in [3.63, 3.8) is 0 Å². The number of nitrogens with zero attached hydrogens (tertiary/aromatic N) is 2. The number of hydrogen-bond acceptors (Lipinski definition) is 3. The van der Waals surface area contributed by atoms with Crippen molar-refractivity contribution < 1.29 is 13.9 Å². The average Bonchev–Trinajstić information content (AvgIpc) is 2.80. The van der Waals surface area contributed by atoms with Crippen LogP contribution in [0.2, 0.25) is 0 Å². The molecule has 106 valence electrons. The third-order valence-corrected chi connectivity index (χ3v) is 3.07. The first-order valence-corrected chi connectivity index (χ1v) is 6.46. The zero-order valence-corrected chi connectivity index (χ0v) is 11.6. The van der Waals surface area contributed by atoms with Gasteiger partial charge >= 0.3 is 5.97 Å². The molecule has 0 saturated carbocycles. The van der Waals surface area contributed by atoms with Crippen molar-refractivity contribution in [2.45, 2.75) is 19.8 Å². The van der Waals surface area contributed by atoms with E-state index in [2.05, 4.69) is 4.98 Å². The molecule has 4 nitrogen and oxygen atoms in total. The summed E-state index contributed by atoms with van der Waals surface area (Å²) in [7, 11) is 1.91. The Hall–Kier alpha value is -2.17. The van der Waals surface area contributed by atoms with E-state index in [1.54, 1.807) is 25.5 Å². The van der Waals surface area contributed by atoms with Crippen molar-refractivity contribution in [2.24, 2.45) is 7.05 Å². The fraction of sp³-hybridized carbons (Fsp3) is 0.333. The maximum atomic E-state index is 13.6. The van der Waals surface area contributed by atoms with E-state index in [0.717, 1.165) is 17.7 Å². The molecule has 0 radical (unpaired) electrons. The first-order chi connectivity index (χ1) is 9.58. The van der Waals surface area contributed by atoms with E-state index in [9.17, 15) is 9.18 Å². The molecule has 5 heteroatoms. The molecule has 2 rings (SSSR count). The first kappa shape index (κ1) is 14.2. The molecular weight excluding hydrogens is 259 g/mol. The highest BCUT2D eigenvalue weighted by Crippen LogP contribution is 2.11. The van der Waals surface area contributed by atoms with Crippen molar-refractivity contribution in [2.75, 3.05) is 6.61 Å². The maximum Gasteiger partial charge on any atom is 0.341 e. The molecule has 0 bridgehead atoms. The first-order valence-electron chi connectivity index (χ1n) is 6.46. The highest BCUT2D eigenvalue weighted by atomic mass is 19.1. The molecule has 0 atom stereocenters. The molecule has 1 aromatic heterocycles. The summed E-state index contributed by atoms with van der Waals surface area (Å²) in [5.41, 5.74) is 1.83. The average molecular weight is 276 g/mol. The van der Waals surface area contributed by atoms with Crippen LogP contribution in [0.1, 0.15) is 28.0 Å². The van der Waals surface area contributed by atoms with E-state index in [4.69, 9.17) is 4.74 Å². The number of hydrogen-bond donors (Lipinski definition) is 0. The molecule has 1 heterocycles. The van der Waals surface area contributed by atoms with E-state index < -0.39 is 11.8 Å². The Morgan fingerprint density at radius 2 is 2.25 bits per heavy atom. The monoisotopic (exact) mass is 276 g/mol. The third-order valence-electron chi connectivity index (χ3n) is 3.07. The molecule has 0 aliphatic carbocycles. The lowest BCUT2D eigenvalue weighted by Crippen LogP contribution is -2.09. The van der Waals surface area contributed by atoms with Crippen LogP contribution in [0.15, 0.2) is 30.7 Å². The summed E-state index contributed by atoms with van der Waals surface area (Å²) in [5, 5.41) is 0. The van der Waals surface area contributed by atoms with Gasteiger partial charge in [-0.2, -0.15) is 0 Å². The van der Waals surface area contributed by atoms with Gasteiger partial charge in [-0.1, -0.05) is 6.07 Å².